The molecular weight excluding hydrogens is 483 g/mol. The molecule has 1 aliphatic heterocycles. The van der Waals surface area contributed by atoms with E-state index >= 15 is 0 Å². The molecular formula is C24H25Cl3N4O2. The first-order valence-electron chi connectivity index (χ1n) is 10.9. The molecule has 0 spiro atoms. The zero-order valence-electron chi connectivity index (χ0n) is 18.7. The lowest BCUT2D eigenvalue weighted by Crippen LogP contribution is -2.54. The molecule has 1 aromatic heterocycles. The van der Waals surface area contributed by atoms with E-state index in [0.717, 1.165) is 0 Å². The summed E-state index contributed by atoms with van der Waals surface area (Å²) in [5, 5.41) is 1.88. The number of piperazine rings is 1. The van der Waals surface area contributed by atoms with Crippen molar-refractivity contribution in [1.82, 2.24) is 19.4 Å². The zero-order valence-corrected chi connectivity index (χ0v) is 21.0. The first-order valence-corrected chi connectivity index (χ1v) is 12.0. The molecule has 2 atom stereocenters. The van der Waals surface area contributed by atoms with E-state index in [1.165, 1.54) is 0 Å². The third-order valence-corrected chi connectivity index (χ3v) is 7.05. The molecule has 33 heavy (non-hydrogen) atoms. The molecule has 1 aliphatic rings. The van der Waals surface area contributed by atoms with Gasteiger partial charge in [0.1, 0.15) is 5.82 Å². The lowest BCUT2D eigenvalue weighted by molar-refractivity contribution is 0.0391. The SMILES string of the molecule is CCn1c(C(C)N2CCN(C(=O)c3ccc(Cl)cc3Cl)C(C)C2)nc2ccc(Cl)cc2c1=O. The summed E-state index contributed by atoms with van der Waals surface area (Å²) in [6.45, 7) is 8.36. The first kappa shape index (κ1) is 24.0. The van der Waals surface area contributed by atoms with E-state index in [4.69, 9.17) is 39.8 Å². The van der Waals surface area contributed by atoms with Crippen LogP contribution in [0.4, 0.5) is 0 Å². The highest BCUT2D eigenvalue weighted by molar-refractivity contribution is 6.36. The molecule has 1 fully saturated rings. The first-order chi connectivity index (χ1) is 15.7. The molecule has 0 saturated carbocycles. The predicted molar refractivity (Wildman–Crippen MR) is 134 cm³/mol. The standard InChI is InChI=1S/C24H25Cl3N4O2/c1-4-30-22(28-21-8-6-16(25)11-19(21)24(30)33)15(3)29-9-10-31(14(2)13-29)23(32)18-7-5-17(26)12-20(18)27/h5-8,11-12,14-15H,4,9-10,13H2,1-3H3. The minimum atomic E-state index is -0.109. The Bertz CT molecular complexity index is 1280. The molecule has 0 aliphatic carbocycles. The summed E-state index contributed by atoms with van der Waals surface area (Å²) in [7, 11) is 0. The molecule has 0 bridgehead atoms. The Morgan fingerprint density at radius 3 is 2.48 bits per heavy atom. The molecule has 1 saturated heterocycles. The summed E-state index contributed by atoms with van der Waals surface area (Å²) < 4.78 is 1.71. The van der Waals surface area contributed by atoms with Crippen molar-refractivity contribution >= 4 is 51.6 Å². The quantitative estimate of drug-likeness (QED) is 0.482. The second-order valence-corrected chi connectivity index (χ2v) is 9.60. The third kappa shape index (κ3) is 4.62. The second-order valence-electron chi connectivity index (χ2n) is 8.32. The van der Waals surface area contributed by atoms with E-state index in [9.17, 15) is 9.59 Å². The van der Waals surface area contributed by atoms with Gasteiger partial charge in [-0.25, -0.2) is 4.98 Å². The van der Waals surface area contributed by atoms with E-state index in [-0.39, 0.29) is 23.6 Å². The highest BCUT2D eigenvalue weighted by atomic mass is 35.5. The predicted octanol–water partition coefficient (Wildman–Crippen LogP) is 5.28. The lowest BCUT2D eigenvalue weighted by atomic mass is 10.1. The summed E-state index contributed by atoms with van der Waals surface area (Å²) in [5.74, 6) is 0.604. The van der Waals surface area contributed by atoms with Gasteiger partial charge in [0, 0.05) is 42.3 Å². The van der Waals surface area contributed by atoms with Gasteiger partial charge in [-0.15, -0.1) is 0 Å². The minimum absolute atomic E-state index is 0.0403. The van der Waals surface area contributed by atoms with Crippen LogP contribution in [0.25, 0.3) is 10.9 Å². The Hall–Kier alpha value is -2.12. The van der Waals surface area contributed by atoms with Gasteiger partial charge in [0.05, 0.1) is 27.5 Å². The van der Waals surface area contributed by atoms with Gasteiger partial charge in [-0.3, -0.25) is 19.1 Å². The van der Waals surface area contributed by atoms with Gasteiger partial charge in [-0.2, -0.15) is 0 Å². The van der Waals surface area contributed by atoms with Gasteiger partial charge in [0.25, 0.3) is 11.5 Å². The monoisotopic (exact) mass is 506 g/mol. The van der Waals surface area contributed by atoms with Crippen LogP contribution in [-0.2, 0) is 6.54 Å². The molecule has 1 amide bonds. The summed E-state index contributed by atoms with van der Waals surface area (Å²) in [6, 6.07) is 9.98. The number of carbonyl (C=O) groups is 1. The van der Waals surface area contributed by atoms with Crippen LogP contribution in [0.15, 0.2) is 41.2 Å². The third-order valence-electron chi connectivity index (χ3n) is 6.26. The molecule has 174 valence electrons. The summed E-state index contributed by atoms with van der Waals surface area (Å²) in [4.78, 5) is 35.1. The highest BCUT2D eigenvalue weighted by Crippen LogP contribution is 2.27. The normalized spacial score (nSPS) is 18.0. The van der Waals surface area contributed by atoms with E-state index in [0.29, 0.717) is 63.5 Å². The fourth-order valence-electron chi connectivity index (χ4n) is 4.46. The van der Waals surface area contributed by atoms with Crippen LogP contribution in [0.3, 0.4) is 0 Å². The van der Waals surface area contributed by atoms with Crippen LogP contribution in [0.1, 0.15) is 43.0 Å². The topological polar surface area (TPSA) is 58.4 Å². The van der Waals surface area contributed by atoms with Gasteiger partial charge < -0.3 is 4.90 Å². The number of hydrogen-bond acceptors (Lipinski definition) is 4. The van der Waals surface area contributed by atoms with E-state index in [1.54, 1.807) is 41.0 Å². The Morgan fingerprint density at radius 1 is 1.12 bits per heavy atom. The van der Waals surface area contributed by atoms with E-state index in [1.807, 2.05) is 18.7 Å². The number of carbonyl (C=O) groups excluding carboxylic acids is 1. The maximum Gasteiger partial charge on any atom is 0.261 e. The molecule has 3 aromatic rings. The average molecular weight is 508 g/mol. The highest BCUT2D eigenvalue weighted by Gasteiger charge is 2.32. The van der Waals surface area contributed by atoms with Crippen molar-refractivity contribution in [2.24, 2.45) is 0 Å². The number of benzene rings is 2. The zero-order chi connectivity index (χ0) is 23.9. The minimum Gasteiger partial charge on any atom is -0.333 e. The van der Waals surface area contributed by atoms with Gasteiger partial charge in [0.2, 0.25) is 0 Å². The summed E-state index contributed by atoms with van der Waals surface area (Å²) in [5.41, 5.74) is 0.991. The van der Waals surface area contributed by atoms with Crippen molar-refractivity contribution in [2.45, 2.75) is 39.4 Å². The largest absolute Gasteiger partial charge is 0.333 e. The van der Waals surface area contributed by atoms with Crippen LogP contribution >= 0.6 is 34.8 Å². The second kappa shape index (κ2) is 9.63. The molecule has 6 nitrogen and oxygen atoms in total. The van der Waals surface area contributed by atoms with Crippen molar-refractivity contribution < 1.29 is 4.79 Å². The number of halogens is 3. The number of hydrogen-bond donors (Lipinski definition) is 0. The van der Waals surface area contributed by atoms with Crippen LogP contribution in [0, 0.1) is 0 Å². The van der Waals surface area contributed by atoms with E-state index in [2.05, 4.69) is 11.8 Å². The number of rotatable bonds is 4. The molecule has 9 heteroatoms. The number of amides is 1. The Labute approximate surface area is 207 Å². The lowest BCUT2D eigenvalue weighted by Gasteiger charge is -2.42. The Morgan fingerprint density at radius 2 is 1.82 bits per heavy atom. The molecule has 2 aromatic carbocycles. The number of aromatic nitrogens is 2. The van der Waals surface area contributed by atoms with Crippen LogP contribution in [0.5, 0.6) is 0 Å². The molecule has 0 radical (unpaired) electrons. The van der Waals surface area contributed by atoms with Crippen LogP contribution in [0.2, 0.25) is 15.1 Å². The van der Waals surface area contributed by atoms with E-state index < -0.39 is 0 Å². The fourth-order valence-corrected chi connectivity index (χ4v) is 5.12. The Balaban J connectivity index is 1.58. The number of nitrogens with zero attached hydrogens (tertiary/aromatic N) is 4. The smallest absolute Gasteiger partial charge is 0.261 e. The molecule has 4 rings (SSSR count). The maximum absolute atomic E-state index is 13.1. The maximum atomic E-state index is 13.1. The Kier molecular flexibility index (Phi) is 7.01. The molecule has 2 heterocycles. The molecule has 0 N–H and O–H groups in total. The van der Waals surface area contributed by atoms with Crippen molar-refractivity contribution in [2.75, 3.05) is 19.6 Å². The van der Waals surface area contributed by atoms with Crippen LogP contribution in [-0.4, -0.2) is 50.9 Å². The average Bonchev–Trinajstić information content (AvgIpc) is 2.78. The van der Waals surface area contributed by atoms with Gasteiger partial charge in [-0.1, -0.05) is 34.8 Å². The van der Waals surface area contributed by atoms with Crippen molar-refractivity contribution in [3.05, 3.63) is 73.2 Å². The summed E-state index contributed by atoms with van der Waals surface area (Å²) >= 11 is 18.3. The summed E-state index contributed by atoms with van der Waals surface area (Å²) in [6.07, 6.45) is 0. The van der Waals surface area contributed by atoms with Crippen LogP contribution < -0.4 is 5.56 Å². The van der Waals surface area contributed by atoms with Crippen molar-refractivity contribution in [1.29, 1.82) is 0 Å². The van der Waals surface area contributed by atoms with Crippen molar-refractivity contribution in [3.63, 3.8) is 0 Å². The van der Waals surface area contributed by atoms with Gasteiger partial charge >= 0.3 is 0 Å². The number of fused-ring (bicyclic) bond motifs is 1. The van der Waals surface area contributed by atoms with Gasteiger partial charge in [-0.05, 0) is 57.2 Å². The fraction of sp³-hybridized carbons (Fsp3) is 0.375. The molecule has 2 unspecified atom stereocenters. The van der Waals surface area contributed by atoms with Gasteiger partial charge in [0.15, 0.2) is 0 Å². The van der Waals surface area contributed by atoms with Crippen molar-refractivity contribution in [3.8, 4) is 0 Å².